The molecule has 0 amide bonds. The lowest BCUT2D eigenvalue weighted by atomic mass is 10.1. The number of halogens is 1. The fourth-order valence-electron chi connectivity index (χ4n) is 2.57. The van der Waals surface area contributed by atoms with Gasteiger partial charge in [0.1, 0.15) is 11.9 Å². The molecule has 0 bridgehead atoms. The standard InChI is InChI=1S/C17H18BrNO/c1-12(13-6-4-7-15(18)9-13)19-11-16-10-14-5-2-3-8-17(14)20-16/h2-9,12,16,19H,10-11H2,1H3/t12-,16?/m1/s1. The predicted molar refractivity (Wildman–Crippen MR) is 85.1 cm³/mol. The van der Waals surface area contributed by atoms with Gasteiger partial charge >= 0.3 is 0 Å². The third-order valence-electron chi connectivity index (χ3n) is 3.71. The first-order chi connectivity index (χ1) is 9.72. The lowest BCUT2D eigenvalue weighted by molar-refractivity contribution is 0.222. The number of hydrogen-bond donors (Lipinski definition) is 1. The maximum atomic E-state index is 5.95. The van der Waals surface area contributed by atoms with E-state index in [0.29, 0.717) is 6.04 Å². The van der Waals surface area contributed by atoms with E-state index in [2.05, 4.69) is 58.5 Å². The summed E-state index contributed by atoms with van der Waals surface area (Å²) in [6.07, 6.45) is 1.23. The normalized spacial score (nSPS) is 18.4. The molecule has 2 nitrogen and oxygen atoms in total. The highest BCUT2D eigenvalue weighted by molar-refractivity contribution is 9.10. The van der Waals surface area contributed by atoms with Crippen LogP contribution in [0.1, 0.15) is 24.1 Å². The monoisotopic (exact) mass is 331 g/mol. The molecule has 0 aliphatic carbocycles. The molecule has 20 heavy (non-hydrogen) atoms. The van der Waals surface area contributed by atoms with Crippen LogP contribution in [0.25, 0.3) is 0 Å². The van der Waals surface area contributed by atoms with Crippen LogP contribution in [0.4, 0.5) is 0 Å². The zero-order chi connectivity index (χ0) is 13.9. The molecular weight excluding hydrogens is 314 g/mol. The van der Waals surface area contributed by atoms with E-state index in [1.807, 2.05) is 18.2 Å². The van der Waals surface area contributed by atoms with Gasteiger partial charge in [-0.1, -0.05) is 46.3 Å². The minimum absolute atomic E-state index is 0.238. The summed E-state index contributed by atoms with van der Waals surface area (Å²) in [6, 6.07) is 17.0. The zero-order valence-electron chi connectivity index (χ0n) is 11.5. The van der Waals surface area contributed by atoms with Gasteiger partial charge in [-0.2, -0.15) is 0 Å². The summed E-state index contributed by atoms with van der Waals surface area (Å²) in [5.74, 6) is 1.04. The summed E-state index contributed by atoms with van der Waals surface area (Å²) >= 11 is 3.51. The molecule has 2 aromatic carbocycles. The van der Waals surface area contributed by atoms with Gasteiger partial charge < -0.3 is 10.1 Å². The highest BCUT2D eigenvalue weighted by atomic mass is 79.9. The Bertz CT molecular complexity index is 574. The van der Waals surface area contributed by atoms with Gasteiger partial charge in [0.05, 0.1) is 0 Å². The van der Waals surface area contributed by atoms with Crippen LogP contribution in [-0.2, 0) is 6.42 Å². The molecule has 3 heteroatoms. The molecule has 1 aliphatic heterocycles. The minimum Gasteiger partial charge on any atom is -0.488 e. The Hall–Kier alpha value is -1.32. The summed E-state index contributed by atoms with van der Waals surface area (Å²) < 4.78 is 7.06. The molecule has 0 aromatic heterocycles. The first-order valence-corrected chi connectivity index (χ1v) is 7.75. The number of ether oxygens (including phenoxy) is 1. The summed E-state index contributed by atoms with van der Waals surface area (Å²) in [4.78, 5) is 0. The number of fused-ring (bicyclic) bond motifs is 1. The fraction of sp³-hybridized carbons (Fsp3) is 0.294. The zero-order valence-corrected chi connectivity index (χ0v) is 13.1. The second-order valence-corrected chi connectivity index (χ2v) is 6.15. The Morgan fingerprint density at radius 3 is 2.90 bits per heavy atom. The van der Waals surface area contributed by atoms with Crippen molar-refractivity contribution in [3.05, 3.63) is 64.1 Å². The van der Waals surface area contributed by atoms with Crippen LogP contribution >= 0.6 is 15.9 Å². The maximum Gasteiger partial charge on any atom is 0.123 e. The van der Waals surface area contributed by atoms with Crippen molar-refractivity contribution in [2.45, 2.75) is 25.5 Å². The van der Waals surface area contributed by atoms with Crippen LogP contribution in [0, 0.1) is 0 Å². The molecule has 0 spiro atoms. The predicted octanol–water partition coefficient (Wildman–Crippen LogP) is 4.10. The molecular formula is C17H18BrNO. The van der Waals surface area contributed by atoms with Crippen molar-refractivity contribution >= 4 is 15.9 Å². The fourth-order valence-corrected chi connectivity index (χ4v) is 2.99. The number of para-hydroxylation sites is 1. The Labute approximate surface area is 128 Å². The van der Waals surface area contributed by atoms with Crippen molar-refractivity contribution in [1.82, 2.24) is 5.32 Å². The van der Waals surface area contributed by atoms with Crippen LogP contribution < -0.4 is 10.1 Å². The van der Waals surface area contributed by atoms with E-state index in [4.69, 9.17) is 4.74 Å². The van der Waals surface area contributed by atoms with E-state index in [-0.39, 0.29) is 6.10 Å². The Morgan fingerprint density at radius 2 is 2.10 bits per heavy atom. The number of hydrogen-bond acceptors (Lipinski definition) is 2. The second-order valence-electron chi connectivity index (χ2n) is 5.24. The van der Waals surface area contributed by atoms with Gasteiger partial charge in [0.15, 0.2) is 0 Å². The molecule has 1 aliphatic rings. The lowest BCUT2D eigenvalue weighted by Gasteiger charge is -2.18. The van der Waals surface area contributed by atoms with Gasteiger partial charge in [-0.25, -0.2) is 0 Å². The summed E-state index contributed by atoms with van der Waals surface area (Å²) in [7, 11) is 0. The molecule has 0 saturated carbocycles. The van der Waals surface area contributed by atoms with E-state index in [1.165, 1.54) is 11.1 Å². The van der Waals surface area contributed by atoms with Crippen LogP contribution in [0.15, 0.2) is 53.0 Å². The van der Waals surface area contributed by atoms with Crippen molar-refractivity contribution in [2.24, 2.45) is 0 Å². The molecule has 3 rings (SSSR count). The maximum absolute atomic E-state index is 5.95. The Balaban J connectivity index is 1.56. The number of nitrogens with one attached hydrogen (secondary N) is 1. The highest BCUT2D eigenvalue weighted by Crippen LogP contribution is 2.28. The average Bonchev–Trinajstić information content (AvgIpc) is 2.87. The second kappa shape index (κ2) is 5.98. The third-order valence-corrected chi connectivity index (χ3v) is 4.21. The van der Waals surface area contributed by atoms with E-state index in [0.717, 1.165) is 23.2 Å². The van der Waals surface area contributed by atoms with E-state index in [9.17, 15) is 0 Å². The highest BCUT2D eigenvalue weighted by Gasteiger charge is 2.22. The van der Waals surface area contributed by atoms with E-state index in [1.54, 1.807) is 0 Å². The molecule has 104 valence electrons. The summed E-state index contributed by atoms with van der Waals surface area (Å²) in [6.45, 7) is 3.05. The topological polar surface area (TPSA) is 21.3 Å². The Morgan fingerprint density at radius 1 is 1.25 bits per heavy atom. The molecule has 0 saturated heterocycles. The van der Waals surface area contributed by atoms with Gasteiger partial charge in [0, 0.05) is 23.5 Å². The third kappa shape index (κ3) is 3.05. The first-order valence-electron chi connectivity index (χ1n) is 6.96. The average molecular weight is 332 g/mol. The SMILES string of the molecule is C[C@@H](NCC1Cc2ccccc2O1)c1cccc(Br)c1. The first kappa shape index (κ1) is 13.7. The molecule has 0 fully saturated rings. The minimum atomic E-state index is 0.238. The van der Waals surface area contributed by atoms with Gasteiger partial charge in [0.2, 0.25) is 0 Å². The van der Waals surface area contributed by atoms with Crippen molar-refractivity contribution in [3.8, 4) is 5.75 Å². The van der Waals surface area contributed by atoms with Crippen LogP contribution in [0.5, 0.6) is 5.75 Å². The summed E-state index contributed by atoms with van der Waals surface area (Å²) in [5, 5.41) is 3.56. The van der Waals surface area contributed by atoms with E-state index < -0.39 is 0 Å². The largest absolute Gasteiger partial charge is 0.488 e. The molecule has 1 N–H and O–H groups in total. The van der Waals surface area contributed by atoms with Gasteiger partial charge in [-0.15, -0.1) is 0 Å². The molecule has 1 heterocycles. The Kier molecular flexibility index (Phi) is 4.08. The molecule has 1 unspecified atom stereocenters. The number of benzene rings is 2. The lowest BCUT2D eigenvalue weighted by Crippen LogP contribution is -2.31. The van der Waals surface area contributed by atoms with Gasteiger partial charge in [-0.05, 0) is 36.2 Å². The van der Waals surface area contributed by atoms with Crippen LogP contribution in [0.2, 0.25) is 0 Å². The van der Waals surface area contributed by atoms with Crippen molar-refractivity contribution < 1.29 is 4.74 Å². The molecule has 0 radical (unpaired) electrons. The number of rotatable bonds is 4. The van der Waals surface area contributed by atoms with Crippen LogP contribution in [0.3, 0.4) is 0 Å². The van der Waals surface area contributed by atoms with Crippen LogP contribution in [-0.4, -0.2) is 12.6 Å². The smallest absolute Gasteiger partial charge is 0.123 e. The summed E-state index contributed by atoms with van der Waals surface area (Å²) in [5.41, 5.74) is 2.60. The molecule has 2 atom stereocenters. The van der Waals surface area contributed by atoms with Gasteiger partial charge in [0.25, 0.3) is 0 Å². The molecule has 2 aromatic rings. The quantitative estimate of drug-likeness (QED) is 0.910. The van der Waals surface area contributed by atoms with Crippen molar-refractivity contribution in [2.75, 3.05) is 6.54 Å². The van der Waals surface area contributed by atoms with Gasteiger partial charge in [-0.3, -0.25) is 0 Å². The van der Waals surface area contributed by atoms with Crippen molar-refractivity contribution in [1.29, 1.82) is 0 Å². The van der Waals surface area contributed by atoms with Crippen molar-refractivity contribution in [3.63, 3.8) is 0 Å². The van der Waals surface area contributed by atoms with E-state index >= 15 is 0 Å².